The van der Waals surface area contributed by atoms with Crippen LogP contribution in [0.15, 0.2) is 45.8 Å². The summed E-state index contributed by atoms with van der Waals surface area (Å²) in [7, 11) is 0. The average Bonchev–Trinajstić information content (AvgIpc) is 2.72. The second-order valence-corrected chi connectivity index (χ2v) is 8.34. The van der Waals surface area contributed by atoms with Crippen molar-refractivity contribution in [3.63, 3.8) is 0 Å². The normalized spacial score (nSPS) is 12.4. The molecular weight excluding hydrogens is 474 g/mol. The lowest BCUT2D eigenvalue weighted by molar-refractivity contribution is -0.126. The Morgan fingerprint density at radius 1 is 1.17 bits per heavy atom. The lowest BCUT2D eigenvalue weighted by Crippen LogP contribution is -2.35. The van der Waals surface area contributed by atoms with Crippen LogP contribution in [0.25, 0.3) is 0 Å². The smallest absolute Gasteiger partial charge is 0.338 e. The molecule has 1 aliphatic heterocycles. The standard InChI is InChI=1S/C20H18BrN3O5S/c1-11-6-13(21)3-4-14(11)23-17(25)8-22-18(26)9-29-20(28)12-2-5-16-15(7-12)24-19(27)10-30-16/h2-7H,8-10H2,1H3,(H,22,26)(H,23,25)(H,24,27). The fraction of sp³-hybridized carbons (Fsp3) is 0.200. The maximum atomic E-state index is 12.2. The van der Waals surface area contributed by atoms with E-state index >= 15 is 0 Å². The van der Waals surface area contributed by atoms with Crippen LogP contribution in [-0.4, -0.2) is 42.6 Å². The van der Waals surface area contributed by atoms with Crippen molar-refractivity contribution in [1.29, 1.82) is 0 Å². The minimum absolute atomic E-state index is 0.144. The Labute approximate surface area is 185 Å². The van der Waals surface area contributed by atoms with E-state index in [-0.39, 0.29) is 18.0 Å². The van der Waals surface area contributed by atoms with E-state index in [2.05, 4.69) is 31.9 Å². The van der Waals surface area contributed by atoms with Crippen molar-refractivity contribution in [1.82, 2.24) is 5.32 Å². The summed E-state index contributed by atoms with van der Waals surface area (Å²) in [4.78, 5) is 48.4. The molecule has 30 heavy (non-hydrogen) atoms. The van der Waals surface area contributed by atoms with Crippen molar-refractivity contribution in [2.45, 2.75) is 11.8 Å². The number of carbonyl (C=O) groups is 4. The van der Waals surface area contributed by atoms with Gasteiger partial charge in [-0.15, -0.1) is 11.8 Å². The van der Waals surface area contributed by atoms with Gasteiger partial charge < -0.3 is 20.7 Å². The van der Waals surface area contributed by atoms with Crippen LogP contribution in [-0.2, 0) is 19.1 Å². The van der Waals surface area contributed by atoms with Gasteiger partial charge in [-0.25, -0.2) is 4.79 Å². The Balaban J connectivity index is 1.45. The fourth-order valence-electron chi connectivity index (χ4n) is 2.62. The van der Waals surface area contributed by atoms with Gasteiger partial charge in [0, 0.05) is 15.1 Å². The number of ether oxygens (including phenoxy) is 1. The molecule has 2 aromatic rings. The van der Waals surface area contributed by atoms with Gasteiger partial charge in [0.1, 0.15) is 0 Å². The van der Waals surface area contributed by atoms with E-state index in [1.54, 1.807) is 24.3 Å². The fourth-order valence-corrected chi connectivity index (χ4v) is 3.88. The highest BCUT2D eigenvalue weighted by atomic mass is 79.9. The number of hydrogen-bond acceptors (Lipinski definition) is 6. The van der Waals surface area contributed by atoms with Crippen LogP contribution in [0, 0.1) is 6.92 Å². The molecule has 0 radical (unpaired) electrons. The molecule has 2 aromatic carbocycles. The number of nitrogens with one attached hydrogen (secondary N) is 3. The molecule has 10 heteroatoms. The van der Waals surface area contributed by atoms with Gasteiger partial charge in [-0.2, -0.15) is 0 Å². The number of hydrogen-bond donors (Lipinski definition) is 3. The van der Waals surface area contributed by atoms with Gasteiger partial charge in [0.2, 0.25) is 11.8 Å². The number of carbonyl (C=O) groups excluding carboxylic acids is 4. The van der Waals surface area contributed by atoms with Crippen molar-refractivity contribution < 1.29 is 23.9 Å². The van der Waals surface area contributed by atoms with Gasteiger partial charge in [-0.1, -0.05) is 15.9 Å². The van der Waals surface area contributed by atoms with Crippen molar-refractivity contribution in [2.24, 2.45) is 0 Å². The molecular formula is C20H18BrN3O5S. The van der Waals surface area contributed by atoms with E-state index < -0.39 is 24.4 Å². The molecule has 0 saturated heterocycles. The van der Waals surface area contributed by atoms with Gasteiger partial charge in [0.15, 0.2) is 6.61 Å². The van der Waals surface area contributed by atoms with Crippen LogP contribution < -0.4 is 16.0 Å². The maximum absolute atomic E-state index is 12.2. The zero-order chi connectivity index (χ0) is 21.7. The maximum Gasteiger partial charge on any atom is 0.338 e. The van der Waals surface area contributed by atoms with E-state index in [4.69, 9.17) is 4.74 Å². The summed E-state index contributed by atoms with van der Waals surface area (Å²) in [5, 5.41) is 7.78. The third kappa shape index (κ3) is 5.83. The molecule has 0 fully saturated rings. The lowest BCUT2D eigenvalue weighted by Gasteiger charge is -2.16. The lowest BCUT2D eigenvalue weighted by atomic mass is 10.2. The van der Waals surface area contributed by atoms with Crippen LogP contribution in [0.1, 0.15) is 15.9 Å². The monoisotopic (exact) mass is 491 g/mol. The number of anilines is 2. The molecule has 0 bridgehead atoms. The summed E-state index contributed by atoms with van der Waals surface area (Å²) >= 11 is 4.73. The number of halogens is 1. The SMILES string of the molecule is Cc1cc(Br)ccc1NC(=O)CNC(=O)COC(=O)c1ccc2c(c1)NC(=O)CS2. The third-order valence-electron chi connectivity index (χ3n) is 4.09. The van der Waals surface area contributed by atoms with Crippen LogP contribution in [0.4, 0.5) is 11.4 Å². The Bertz CT molecular complexity index is 1030. The number of aryl methyl sites for hydroxylation is 1. The molecule has 3 amide bonds. The number of benzene rings is 2. The van der Waals surface area contributed by atoms with Crippen molar-refractivity contribution >= 4 is 62.8 Å². The van der Waals surface area contributed by atoms with Crippen molar-refractivity contribution in [3.05, 3.63) is 52.0 Å². The highest BCUT2D eigenvalue weighted by Gasteiger charge is 2.18. The second kappa shape index (κ2) is 9.77. The highest BCUT2D eigenvalue weighted by Crippen LogP contribution is 2.32. The van der Waals surface area contributed by atoms with Gasteiger partial charge in [-0.3, -0.25) is 14.4 Å². The number of amides is 3. The molecule has 0 aromatic heterocycles. The van der Waals surface area contributed by atoms with E-state index in [0.29, 0.717) is 17.1 Å². The largest absolute Gasteiger partial charge is 0.452 e. The zero-order valence-corrected chi connectivity index (χ0v) is 18.3. The van der Waals surface area contributed by atoms with E-state index in [9.17, 15) is 19.2 Å². The molecule has 0 atom stereocenters. The molecule has 0 unspecified atom stereocenters. The summed E-state index contributed by atoms with van der Waals surface area (Å²) in [6, 6.07) is 10.2. The minimum atomic E-state index is -0.701. The van der Waals surface area contributed by atoms with Crippen LogP contribution in [0.3, 0.4) is 0 Å². The molecule has 1 heterocycles. The van der Waals surface area contributed by atoms with Gasteiger partial charge in [0.25, 0.3) is 5.91 Å². The Kier molecular flexibility index (Phi) is 7.11. The highest BCUT2D eigenvalue weighted by molar-refractivity contribution is 9.10. The predicted molar refractivity (Wildman–Crippen MR) is 117 cm³/mol. The third-order valence-corrected chi connectivity index (χ3v) is 5.66. The number of esters is 1. The van der Waals surface area contributed by atoms with Crippen molar-refractivity contribution in [3.8, 4) is 0 Å². The molecule has 3 N–H and O–H groups in total. The predicted octanol–water partition coefficient (Wildman–Crippen LogP) is 2.71. The van der Waals surface area contributed by atoms with E-state index in [0.717, 1.165) is 14.9 Å². The topological polar surface area (TPSA) is 114 Å². The summed E-state index contributed by atoms with van der Waals surface area (Å²) in [5.41, 5.74) is 2.27. The van der Waals surface area contributed by atoms with E-state index in [1.807, 2.05) is 13.0 Å². The molecule has 3 rings (SSSR count). The number of fused-ring (bicyclic) bond motifs is 1. The molecule has 0 saturated carbocycles. The van der Waals surface area contributed by atoms with Gasteiger partial charge in [0.05, 0.1) is 23.5 Å². The Morgan fingerprint density at radius 3 is 2.73 bits per heavy atom. The van der Waals surface area contributed by atoms with Crippen LogP contribution >= 0.6 is 27.7 Å². The molecule has 156 valence electrons. The van der Waals surface area contributed by atoms with Gasteiger partial charge >= 0.3 is 5.97 Å². The second-order valence-electron chi connectivity index (χ2n) is 6.41. The Morgan fingerprint density at radius 2 is 1.97 bits per heavy atom. The van der Waals surface area contributed by atoms with E-state index in [1.165, 1.54) is 17.8 Å². The number of rotatable bonds is 6. The molecule has 0 aliphatic carbocycles. The summed E-state index contributed by atoms with van der Waals surface area (Å²) in [6.07, 6.45) is 0. The quantitative estimate of drug-likeness (QED) is 0.535. The first kappa shape index (κ1) is 21.8. The van der Waals surface area contributed by atoms with Crippen LogP contribution in [0.5, 0.6) is 0 Å². The summed E-state index contributed by atoms with van der Waals surface area (Å²) < 4.78 is 5.88. The molecule has 8 nitrogen and oxygen atoms in total. The Hall–Kier alpha value is -2.85. The number of thioether (sulfide) groups is 1. The summed E-state index contributed by atoms with van der Waals surface area (Å²) in [5.74, 6) is -1.52. The van der Waals surface area contributed by atoms with Crippen molar-refractivity contribution in [2.75, 3.05) is 29.5 Å². The first-order chi connectivity index (χ1) is 14.3. The average molecular weight is 492 g/mol. The van der Waals surface area contributed by atoms with Gasteiger partial charge in [-0.05, 0) is 48.9 Å². The molecule has 0 spiro atoms. The summed E-state index contributed by atoms with van der Waals surface area (Å²) in [6.45, 7) is 1.07. The first-order valence-electron chi connectivity index (χ1n) is 8.88. The van der Waals surface area contributed by atoms with Crippen LogP contribution in [0.2, 0.25) is 0 Å². The zero-order valence-electron chi connectivity index (χ0n) is 15.9. The molecule has 1 aliphatic rings. The minimum Gasteiger partial charge on any atom is -0.452 e. The first-order valence-corrected chi connectivity index (χ1v) is 10.7.